The summed E-state index contributed by atoms with van der Waals surface area (Å²) in [5.74, 6) is -2.08. The van der Waals surface area contributed by atoms with E-state index in [0.717, 1.165) is 6.07 Å². The number of hydrogen-bond donors (Lipinski definition) is 1. The first-order chi connectivity index (χ1) is 11.1. The van der Waals surface area contributed by atoms with Crippen LogP contribution < -0.4 is 4.74 Å². The quantitative estimate of drug-likeness (QED) is 0.896. The Bertz CT molecular complexity index is 620. The Labute approximate surface area is 140 Å². The first-order valence-corrected chi connectivity index (χ1v) is 7.80. The standard InChI is InChI=1S/C17H23F2NO4/c1-16(2,3)24-15(21)20-9-7-17(22,8-10-20)13-12(23-4)6-5-11(18)14(13)19/h5-6,22H,7-10H2,1-4H3. The summed E-state index contributed by atoms with van der Waals surface area (Å²) in [5.41, 5.74) is -2.42. The third kappa shape index (κ3) is 3.77. The number of carbonyl (C=O) groups is 1. The zero-order chi connectivity index (χ0) is 18.1. The van der Waals surface area contributed by atoms with E-state index in [9.17, 15) is 18.7 Å². The fraction of sp³-hybridized carbons (Fsp3) is 0.588. The molecule has 0 bridgehead atoms. The average molecular weight is 343 g/mol. The number of piperidine rings is 1. The summed E-state index contributed by atoms with van der Waals surface area (Å²) in [6.45, 7) is 5.63. The van der Waals surface area contributed by atoms with Gasteiger partial charge in [-0.05, 0) is 45.7 Å². The number of nitrogens with zero attached hydrogens (tertiary/aromatic N) is 1. The van der Waals surface area contributed by atoms with Crippen molar-refractivity contribution in [1.82, 2.24) is 4.90 Å². The number of hydrogen-bond acceptors (Lipinski definition) is 4. The van der Waals surface area contributed by atoms with E-state index in [1.165, 1.54) is 18.1 Å². The summed E-state index contributed by atoms with van der Waals surface area (Å²) in [7, 11) is 1.33. The molecule has 1 heterocycles. The summed E-state index contributed by atoms with van der Waals surface area (Å²) in [6, 6.07) is 2.24. The molecule has 2 rings (SSSR count). The molecule has 1 aliphatic rings. The molecule has 1 saturated heterocycles. The van der Waals surface area contributed by atoms with E-state index in [2.05, 4.69) is 0 Å². The van der Waals surface area contributed by atoms with E-state index >= 15 is 0 Å². The molecule has 0 unspecified atom stereocenters. The van der Waals surface area contributed by atoms with E-state index in [-0.39, 0.29) is 37.2 Å². The van der Waals surface area contributed by atoms with Gasteiger partial charge in [0.25, 0.3) is 0 Å². The van der Waals surface area contributed by atoms with Gasteiger partial charge in [-0.15, -0.1) is 0 Å². The molecule has 1 fully saturated rings. The lowest BCUT2D eigenvalue weighted by molar-refractivity contribution is -0.0389. The maximum Gasteiger partial charge on any atom is 0.410 e. The van der Waals surface area contributed by atoms with Crippen LogP contribution in [0.15, 0.2) is 12.1 Å². The third-order valence-corrected chi connectivity index (χ3v) is 3.98. The van der Waals surface area contributed by atoms with Gasteiger partial charge in [-0.2, -0.15) is 0 Å². The number of carbonyl (C=O) groups excluding carboxylic acids is 1. The molecular formula is C17H23F2NO4. The molecule has 0 atom stereocenters. The Kier molecular flexibility index (Phi) is 5.03. The molecule has 0 saturated carbocycles. The van der Waals surface area contributed by atoms with Crippen LogP contribution in [0.25, 0.3) is 0 Å². The van der Waals surface area contributed by atoms with Gasteiger partial charge in [-0.1, -0.05) is 0 Å². The van der Waals surface area contributed by atoms with Gasteiger partial charge >= 0.3 is 6.09 Å². The number of ether oxygens (including phenoxy) is 2. The molecule has 1 N–H and O–H groups in total. The molecule has 24 heavy (non-hydrogen) atoms. The van der Waals surface area contributed by atoms with Crippen LogP contribution in [0.5, 0.6) is 5.75 Å². The monoisotopic (exact) mass is 343 g/mol. The van der Waals surface area contributed by atoms with Crippen LogP contribution in [0.1, 0.15) is 39.2 Å². The van der Waals surface area contributed by atoms with Gasteiger partial charge in [0.05, 0.1) is 18.3 Å². The lowest BCUT2D eigenvalue weighted by Crippen LogP contribution is -2.47. The first-order valence-electron chi connectivity index (χ1n) is 7.80. The number of benzene rings is 1. The van der Waals surface area contributed by atoms with Crippen LogP contribution in [0.4, 0.5) is 13.6 Å². The largest absolute Gasteiger partial charge is 0.496 e. The van der Waals surface area contributed by atoms with Crippen LogP contribution >= 0.6 is 0 Å². The number of amides is 1. The highest BCUT2D eigenvalue weighted by Gasteiger charge is 2.41. The second-order valence-corrected chi connectivity index (χ2v) is 6.94. The molecule has 5 nitrogen and oxygen atoms in total. The third-order valence-electron chi connectivity index (χ3n) is 3.98. The molecule has 1 aliphatic heterocycles. The minimum Gasteiger partial charge on any atom is -0.496 e. The topological polar surface area (TPSA) is 59.0 Å². The molecule has 134 valence electrons. The van der Waals surface area contributed by atoms with Crippen LogP contribution in [0.3, 0.4) is 0 Å². The minimum atomic E-state index is -1.60. The lowest BCUT2D eigenvalue weighted by atomic mass is 9.83. The minimum absolute atomic E-state index is 0.0585. The van der Waals surface area contributed by atoms with Crippen molar-refractivity contribution in [2.75, 3.05) is 20.2 Å². The number of rotatable bonds is 2. The van der Waals surface area contributed by atoms with Crippen LogP contribution in [0, 0.1) is 11.6 Å². The maximum absolute atomic E-state index is 14.2. The van der Waals surface area contributed by atoms with Crippen molar-refractivity contribution in [3.05, 3.63) is 29.3 Å². The van der Waals surface area contributed by atoms with Crippen molar-refractivity contribution in [3.63, 3.8) is 0 Å². The highest BCUT2D eigenvalue weighted by Crippen LogP contribution is 2.40. The first kappa shape index (κ1) is 18.4. The zero-order valence-electron chi connectivity index (χ0n) is 14.4. The summed E-state index contributed by atoms with van der Waals surface area (Å²) >= 11 is 0. The molecule has 1 amide bonds. The fourth-order valence-corrected chi connectivity index (χ4v) is 2.77. The van der Waals surface area contributed by atoms with Gasteiger partial charge in [-0.25, -0.2) is 13.6 Å². The molecule has 1 aromatic rings. The van der Waals surface area contributed by atoms with Crippen LogP contribution in [-0.2, 0) is 10.3 Å². The number of methoxy groups -OCH3 is 1. The molecule has 7 heteroatoms. The number of likely N-dealkylation sites (tertiary alicyclic amines) is 1. The predicted molar refractivity (Wildman–Crippen MR) is 83.8 cm³/mol. The summed E-state index contributed by atoms with van der Waals surface area (Å²) in [6.07, 6.45) is -0.373. The van der Waals surface area contributed by atoms with Gasteiger partial charge in [0.2, 0.25) is 0 Å². The van der Waals surface area contributed by atoms with E-state index in [0.29, 0.717) is 0 Å². The van der Waals surface area contributed by atoms with Crippen LogP contribution in [-0.4, -0.2) is 41.9 Å². The van der Waals surface area contributed by atoms with Crippen molar-refractivity contribution < 1.29 is 28.2 Å². The van der Waals surface area contributed by atoms with Crippen molar-refractivity contribution in [3.8, 4) is 5.75 Å². The highest BCUT2D eigenvalue weighted by atomic mass is 19.2. The number of aliphatic hydroxyl groups is 1. The summed E-state index contributed by atoms with van der Waals surface area (Å²) < 4.78 is 38.2. The lowest BCUT2D eigenvalue weighted by Gasteiger charge is -2.39. The highest BCUT2D eigenvalue weighted by molar-refractivity contribution is 5.68. The van der Waals surface area contributed by atoms with Gasteiger partial charge in [0, 0.05) is 13.1 Å². The van der Waals surface area contributed by atoms with E-state index in [4.69, 9.17) is 9.47 Å². The Morgan fingerprint density at radius 3 is 2.33 bits per heavy atom. The Balaban J connectivity index is 2.19. The smallest absolute Gasteiger partial charge is 0.410 e. The normalized spacial score (nSPS) is 17.5. The van der Waals surface area contributed by atoms with Gasteiger partial charge in [-0.3, -0.25) is 0 Å². The summed E-state index contributed by atoms with van der Waals surface area (Å²) in [5, 5.41) is 10.8. The van der Waals surface area contributed by atoms with E-state index in [1.54, 1.807) is 20.8 Å². The zero-order valence-corrected chi connectivity index (χ0v) is 14.4. The molecule has 0 radical (unpaired) electrons. The van der Waals surface area contributed by atoms with Crippen molar-refractivity contribution in [2.45, 2.75) is 44.8 Å². The summed E-state index contributed by atoms with van der Waals surface area (Å²) in [4.78, 5) is 13.5. The molecular weight excluding hydrogens is 320 g/mol. The second kappa shape index (κ2) is 6.55. The Morgan fingerprint density at radius 2 is 1.83 bits per heavy atom. The van der Waals surface area contributed by atoms with Crippen molar-refractivity contribution >= 4 is 6.09 Å². The fourth-order valence-electron chi connectivity index (χ4n) is 2.77. The molecule has 0 aliphatic carbocycles. The molecule has 1 aromatic carbocycles. The van der Waals surface area contributed by atoms with E-state index in [1.807, 2.05) is 0 Å². The van der Waals surface area contributed by atoms with Crippen molar-refractivity contribution in [2.24, 2.45) is 0 Å². The maximum atomic E-state index is 14.2. The Morgan fingerprint density at radius 1 is 1.25 bits per heavy atom. The van der Waals surface area contributed by atoms with Crippen LogP contribution in [0.2, 0.25) is 0 Å². The SMILES string of the molecule is COc1ccc(F)c(F)c1C1(O)CCN(C(=O)OC(C)(C)C)CC1. The number of halogens is 2. The average Bonchev–Trinajstić information content (AvgIpc) is 2.48. The molecule has 0 aromatic heterocycles. The van der Waals surface area contributed by atoms with Crippen molar-refractivity contribution in [1.29, 1.82) is 0 Å². The van der Waals surface area contributed by atoms with Gasteiger partial charge in [0.1, 0.15) is 11.4 Å². The predicted octanol–water partition coefficient (Wildman–Crippen LogP) is 3.19. The second-order valence-electron chi connectivity index (χ2n) is 6.94. The molecule has 0 spiro atoms. The van der Waals surface area contributed by atoms with Gasteiger partial charge in [0.15, 0.2) is 11.6 Å². The Hall–Kier alpha value is -1.89. The van der Waals surface area contributed by atoms with Gasteiger partial charge < -0.3 is 19.5 Å². The van der Waals surface area contributed by atoms with E-state index < -0.39 is 28.9 Å².